The van der Waals surface area contributed by atoms with Crippen LogP contribution in [0, 0.1) is 5.92 Å². The maximum atomic E-state index is 12.3. The second-order valence-electron chi connectivity index (χ2n) is 6.34. The molecule has 1 amide bonds. The van der Waals surface area contributed by atoms with Crippen molar-refractivity contribution in [2.24, 2.45) is 5.92 Å². The van der Waals surface area contributed by atoms with Gasteiger partial charge in [0, 0.05) is 26.2 Å². The zero-order valence-electron chi connectivity index (χ0n) is 14.5. The lowest BCUT2D eigenvalue weighted by Crippen LogP contribution is -2.50. The Morgan fingerprint density at radius 3 is 2.39 bits per heavy atom. The Kier molecular flexibility index (Phi) is 6.71. The van der Waals surface area contributed by atoms with E-state index in [2.05, 4.69) is 18.7 Å². The molecule has 1 aromatic rings. The van der Waals surface area contributed by atoms with Crippen molar-refractivity contribution in [1.29, 1.82) is 0 Å². The number of carbonyl (C=O) groups excluding carboxylic acids is 1. The van der Waals surface area contributed by atoms with Crippen molar-refractivity contribution < 1.29 is 14.3 Å². The number of nitrogens with zero attached hydrogens (tertiary/aromatic N) is 2. The number of ether oxygens (including phenoxy) is 2. The quantitative estimate of drug-likeness (QED) is 0.773. The standard InChI is InChI=1S/C18H28N2O3/c1-15(2)8-9-19-10-12-20(13-11-19)18(21)14-23-17-7-5-4-6-16(17)22-3/h4-7,15H,8-14H2,1-3H3. The van der Waals surface area contributed by atoms with E-state index in [0.717, 1.165) is 38.6 Å². The number of benzene rings is 1. The van der Waals surface area contributed by atoms with E-state index >= 15 is 0 Å². The highest BCUT2D eigenvalue weighted by Crippen LogP contribution is 2.25. The number of methoxy groups -OCH3 is 1. The Morgan fingerprint density at radius 1 is 1.13 bits per heavy atom. The smallest absolute Gasteiger partial charge is 0.260 e. The first-order valence-electron chi connectivity index (χ1n) is 8.36. The second-order valence-corrected chi connectivity index (χ2v) is 6.34. The van der Waals surface area contributed by atoms with Crippen molar-refractivity contribution in [1.82, 2.24) is 9.80 Å². The molecule has 1 heterocycles. The first-order valence-corrected chi connectivity index (χ1v) is 8.36. The van der Waals surface area contributed by atoms with E-state index in [4.69, 9.17) is 9.47 Å². The zero-order chi connectivity index (χ0) is 16.7. The lowest BCUT2D eigenvalue weighted by atomic mass is 10.1. The van der Waals surface area contributed by atoms with Gasteiger partial charge in [0.05, 0.1) is 7.11 Å². The third kappa shape index (κ3) is 5.43. The van der Waals surface area contributed by atoms with Crippen molar-refractivity contribution in [3.63, 3.8) is 0 Å². The van der Waals surface area contributed by atoms with Gasteiger partial charge in [0.25, 0.3) is 5.91 Å². The van der Waals surface area contributed by atoms with Crippen LogP contribution in [0.1, 0.15) is 20.3 Å². The molecule has 0 bridgehead atoms. The molecule has 128 valence electrons. The molecule has 1 aliphatic heterocycles. The first-order chi connectivity index (χ1) is 11.1. The Balaban J connectivity index is 1.75. The van der Waals surface area contributed by atoms with Crippen LogP contribution in [0.15, 0.2) is 24.3 Å². The van der Waals surface area contributed by atoms with Crippen molar-refractivity contribution >= 4 is 5.91 Å². The minimum absolute atomic E-state index is 0.0411. The van der Waals surface area contributed by atoms with Gasteiger partial charge in [0.2, 0.25) is 0 Å². The maximum absolute atomic E-state index is 12.3. The van der Waals surface area contributed by atoms with Crippen LogP contribution in [-0.4, -0.2) is 62.1 Å². The molecule has 5 nitrogen and oxygen atoms in total. The van der Waals surface area contributed by atoms with Crippen molar-refractivity contribution in [2.45, 2.75) is 20.3 Å². The van der Waals surface area contributed by atoms with Crippen molar-refractivity contribution in [3.8, 4) is 11.5 Å². The summed E-state index contributed by atoms with van der Waals surface area (Å²) < 4.78 is 10.8. The number of piperazine rings is 1. The molecule has 0 aliphatic carbocycles. The summed E-state index contributed by atoms with van der Waals surface area (Å²) in [5.74, 6) is 2.03. The number of hydrogen-bond acceptors (Lipinski definition) is 4. The third-order valence-corrected chi connectivity index (χ3v) is 4.17. The molecule has 0 radical (unpaired) electrons. The molecule has 0 spiro atoms. The lowest BCUT2D eigenvalue weighted by molar-refractivity contribution is -0.135. The van der Waals surface area contributed by atoms with Crippen LogP contribution in [0.5, 0.6) is 11.5 Å². The molecule has 5 heteroatoms. The van der Waals surface area contributed by atoms with Gasteiger partial charge < -0.3 is 14.4 Å². The van der Waals surface area contributed by atoms with E-state index in [9.17, 15) is 4.79 Å². The predicted octanol–water partition coefficient (Wildman–Crippen LogP) is 2.26. The van der Waals surface area contributed by atoms with Gasteiger partial charge in [-0.2, -0.15) is 0 Å². The van der Waals surface area contributed by atoms with Crippen LogP contribution in [-0.2, 0) is 4.79 Å². The van der Waals surface area contributed by atoms with E-state index in [1.807, 2.05) is 29.2 Å². The van der Waals surface area contributed by atoms with Crippen molar-refractivity contribution in [3.05, 3.63) is 24.3 Å². The van der Waals surface area contributed by atoms with Gasteiger partial charge in [-0.3, -0.25) is 9.69 Å². The normalized spacial score (nSPS) is 15.7. The largest absolute Gasteiger partial charge is 0.493 e. The summed E-state index contributed by atoms with van der Waals surface area (Å²) in [6.45, 7) is 9.15. The fourth-order valence-corrected chi connectivity index (χ4v) is 2.63. The summed E-state index contributed by atoms with van der Waals surface area (Å²) in [5, 5.41) is 0. The molecule has 1 aromatic carbocycles. The predicted molar refractivity (Wildman–Crippen MR) is 91.0 cm³/mol. The topological polar surface area (TPSA) is 42.0 Å². The summed E-state index contributed by atoms with van der Waals surface area (Å²) in [6, 6.07) is 7.39. The molecule has 0 atom stereocenters. The number of rotatable bonds is 7. The fraction of sp³-hybridized carbons (Fsp3) is 0.611. The Labute approximate surface area is 139 Å². The second kappa shape index (κ2) is 8.77. The van der Waals surface area contributed by atoms with Crippen molar-refractivity contribution in [2.75, 3.05) is 46.4 Å². The molecule has 1 saturated heterocycles. The van der Waals surface area contributed by atoms with E-state index < -0.39 is 0 Å². The van der Waals surface area contributed by atoms with Crippen LogP contribution < -0.4 is 9.47 Å². The summed E-state index contributed by atoms with van der Waals surface area (Å²) in [4.78, 5) is 16.6. The Hall–Kier alpha value is -1.75. The minimum atomic E-state index is 0.0411. The Bertz CT molecular complexity index is 497. The van der Waals surface area contributed by atoms with Crippen LogP contribution in [0.2, 0.25) is 0 Å². The average Bonchev–Trinajstić information content (AvgIpc) is 2.58. The highest BCUT2D eigenvalue weighted by atomic mass is 16.5. The average molecular weight is 320 g/mol. The fourth-order valence-electron chi connectivity index (χ4n) is 2.63. The molecule has 0 N–H and O–H groups in total. The molecule has 1 fully saturated rings. The van der Waals surface area contributed by atoms with Gasteiger partial charge >= 0.3 is 0 Å². The molecule has 0 unspecified atom stereocenters. The molecule has 0 saturated carbocycles. The van der Waals surface area contributed by atoms with Gasteiger partial charge in [0.1, 0.15) is 0 Å². The van der Waals surface area contributed by atoms with E-state index in [0.29, 0.717) is 11.5 Å². The number of para-hydroxylation sites is 2. The van der Waals surface area contributed by atoms with Gasteiger partial charge in [-0.1, -0.05) is 26.0 Å². The van der Waals surface area contributed by atoms with Gasteiger partial charge in [-0.05, 0) is 31.0 Å². The van der Waals surface area contributed by atoms with E-state index in [1.165, 1.54) is 6.42 Å². The summed E-state index contributed by atoms with van der Waals surface area (Å²) in [7, 11) is 1.60. The summed E-state index contributed by atoms with van der Waals surface area (Å²) >= 11 is 0. The highest BCUT2D eigenvalue weighted by molar-refractivity contribution is 5.78. The number of carbonyl (C=O) groups is 1. The molecule has 2 rings (SSSR count). The minimum Gasteiger partial charge on any atom is -0.493 e. The van der Waals surface area contributed by atoms with Crippen LogP contribution >= 0.6 is 0 Å². The first kappa shape index (κ1) is 17.6. The SMILES string of the molecule is COc1ccccc1OCC(=O)N1CCN(CCC(C)C)CC1. The number of amides is 1. The van der Waals surface area contributed by atoms with Gasteiger partial charge in [-0.25, -0.2) is 0 Å². The summed E-state index contributed by atoms with van der Waals surface area (Å²) in [5.41, 5.74) is 0. The molecular weight excluding hydrogens is 292 g/mol. The third-order valence-electron chi connectivity index (χ3n) is 4.17. The maximum Gasteiger partial charge on any atom is 0.260 e. The van der Waals surface area contributed by atoms with E-state index in [1.54, 1.807) is 7.11 Å². The van der Waals surface area contributed by atoms with Crippen LogP contribution in [0.3, 0.4) is 0 Å². The van der Waals surface area contributed by atoms with Gasteiger partial charge in [-0.15, -0.1) is 0 Å². The van der Waals surface area contributed by atoms with Gasteiger partial charge in [0.15, 0.2) is 18.1 Å². The monoisotopic (exact) mass is 320 g/mol. The Morgan fingerprint density at radius 2 is 1.78 bits per heavy atom. The highest BCUT2D eigenvalue weighted by Gasteiger charge is 2.21. The molecule has 1 aliphatic rings. The number of hydrogen-bond donors (Lipinski definition) is 0. The molecular formula is C18H28N2O3. The lowest BCUT2D eigenvalue weighted by Gasteiger charge is -2.35. The van der Waals surface area contributed by atoms with Crippen LogP contribution in [0.4, 0.5) is 0 Å². The van der Waals surface area contributed by atoms with Crippen LogP contribution in [0.25, 0.3) is 0 Å². The zero-order valence-corrected chi connectivity index (χ0v) is 14.5. The summed E-state index contributed by atoms with van der Waals surface area (Å²) in [6.07, 6.45) is 1.21. The van der Waals surface area contributed by atoms with E-state index in [-0.39, 0.29) is 12.5 Å². The molecule has 23 heavy (non-hydrogen) atoms. The molecule has 0 aromatic heterocycles.